The largest absolute Gasteiger partial charge is 0.497 e. The van der Waals surface area contributed by atoms with E-state index >= 15 is 0 Å². The molecule has 2 rings (SSSR count). The lowest BCUT2D eigenvalue weighted by Crippen LogP contribution is -2.39. The average Bonchev–Trinajstić information content (AvgIpc) is 2.61. The predicted octanol–water partition coefficient (Wildman–Crippen LogP) is 3.99. The number of aryl methyl sites for hydroxylation is 1. The lowest BCUT2D eigenvalue weighted by molar-refractivity contribution is -0.138. The highest BCUT2D eigenvalue weighted by Gasteiger charge is 2.24. The number of hydrogen-bond acceptors (Lipinski definition) is 3. The zero-order valence-corrected chi connectivity index (χ0v) is 14.9. The molecule has 0 heterocycles. The summed E-state index contributed by atoms with van der Waals surface area (Å²) in [7, 11) is 3.43. The average molecular weight is 327 g/mol. The SMILES string of the molecule is COc1ccc(C(C)N(C)C(=O)C(C)Oc2ccc(C)cc2)cc1. The van der Waals surface area contributed by atoms with Crippen LogP contribution in [0.3, 0.4) is 0 Å². The number of methoxy groups -OCH3 is 1. The van der Waals surface area contributed by atoms with Crippen LogP contribution >= 0.6 is 0 Å². The molecule has 2 aromatic carbocycles. The van der Waals surface area contributed by atoms with Crippen molar-refractivity contribution in [3.05, 3.63) is 59.7 Å². The maximum absolute atomic E-state index is 12.6. The van der Waals surface area contributed by atoms with Crippen LogP contribution in [0.2, 0.25) is 0 Å². The predicted molar refractivity (Wildman–Crippen MR) is 95.4 cm³/mol. The lowest BCUT2D eigenvalue weighted by atomic mass is 10.1. The van der Waals surface area contributed by atoms with E-state index in [-0.39, 0.29) is 11.9 Å². The minimum Gasteiger partial charge on any atom is -0.497 e. The molecule has 128 valence electrons. The van der Waals surface area contributed by atoms with Crippen molar-refractivity contribution in [2.24, 2.45) is 0 Å². The Morgan fingerprint density at radius 2 is 1.50 bits per heavy atom. The highest BCUT2D eigenvalue weighted by Crippen LogP contribution is 2.23. The second-order valence-electron chi connectivity index (χ2n) is 5.97. The van der Waals surface area contributed by atoms with Gasteiger partial charge in [-0.3, -0.25) is 4.79 Å². The van der Waals surface area contributed by atoms with Crippen LogP contribution in [0, 0.1) is 6.92 Å². The van der Waals surface area contributed by atoms with Crippen molar-refractivity contribution in [2.45, 2.75) is 32.9 Å². The van der Waals surface area contributed by atoms with E-state index in [9.17, 15) is 4.79 Å². The van der Waals surface area contributed by atoms with Crippen molar-refractivity contribution in [3.63, 3.8) is 0 Å². The van der Waals surface area contributed by atoms with Crippen molar-refractivity contribution < 1.29 is 14.3 Å². The first-order chi connectivity index (χ1) is 11.4. The van der Waals surface area contributed by atoms with Gasteiger partial charge in [-0.25, -0.2) is 0 Å². The number of rotatable bonds is 6. The smallest absolute Gasteiger partial charge is 0.263 e. The summed E-state index contributed by atoms with van der Waals surface area (Å²) < 4.78 is 10.9. The number of likely N-dealkylation sites (N-methyl/N-ethyl adjacent to an activating group) is 1. The molecule has 0 aliphatic rings. The third-order valence-corrected chi connectivity index (χ3v) is 4.21. The van der Waals surface area contributed by atoms with Crippen LogP contribution in [0.1, 0.15) is 31.0 Å². The maximum Gasteiger partial charge on any atom is 0.263 e. The second-order valence-corrected chi connectivity index (χ2v) is 5.97. The highest BCUT2D eigenvalue weighted by atomic mass is 16.5. The lowest BCUT2D eigenvalue weighted by Gasteiger charge is -2.28. The summed E-state index contributed by atoms with van der Waals surface area (Å²) in [6, 6.07) is 15.4. The fourth-order valence-corrected chi connectivity index (χ4v) is 2.46. The monoisotopic (exact) mass is 327 g/mol. The van der Waals surface area contributed by atoms with Crippen LogP contribution < -0.4 is 9.47 Å². The number of amides is 1. The Hall–Kier alpha value is -2.49. The molecule has 4 nitrogen and oxygen atoms in total. The van der Waals surface area contributed by atoms with Crippen molar-refractivity contribution >= 4 is 5.91 Å². The van der Waals surface area contributed by atoms with E-state index in [1.807, 2.05) is 62.4 Å². The van der Waals surface area contributed by atoms with E-state index in [1.54, 1.807) is 26.0 Å². The molecular formula is C20H25NO3. The zero-order valence-electron chi connectivity index (χ0n) is 14.9. The fraction of sp³-hybridized carbons (Fsp3) is 0.350. The molecule has 1 amide bonds. The second kappa shape index (κ2) is 7.86. The molecule has 2 aromatic rings. The number of ether oxygens (including phenoxy) is 2. The Balaban J connectivity index is 2.02. The first kappa shape index (κ1) is 17.9. The summed E-state index contributed by atoms with van der Waals surface area (Å²) in [5.74, 6) is 1.45. The van der Waals surface area contributed by atoms with Crippen molar-refractivity contribution in [1.82, 2.24) is 4.90 Å². The molecule has 0 N–H and O–H groups in total. The van der Waals surface area contributed by atoms with Crippen LogP contribution in [-0.2, 0) is 4.79 Å². The zero-order chi connectivity index (χ0) is 17.7. The molecular weight excluding hydrogens is 302 g/mol. The normalized spacial score (nSPS) is 13.0. The van der Waals surface area contributed by atoms with Crippen LogP contribution in [0.4, 0.5) is 0 Å². The molecule has 2 atom stereocenters. The van der Waals surface area contributed by atoms with Gasteiger partial charge in [0.1, 0.15) is 11.5 Å². The van der Waals surface area contributed by atoms with E-state index < -0.39 is 6.10 Å². The number of carbonyl (C=O) groups is 1. The summed E-state index contributed by atoms with van der Waals surface area (Å²) in [4.78, 5) is 14.3. The Morgan fingerprint density at radius 3 is 2.04 bits per heavy atom. The first-order valence-electron chi connectivity index (χ1n) is 8.06. The molecule has 0 spiro atoms. The van der Waals surface area contributed by atoms with Crippen molar-refractivity contribution in [1.29, 1.82) is 0 Å². The van der Waals surface area contributed by atoms with Gasteiger partial charge in [0.05, 0.1) is 13.2 Å². The van der Waals surface area contributed by atoms with E-state index in [0.29, 0.717) is 5.75 Å². The van der Waals surface area contributed by atoms with Crippen molar-refractivity contribution in [2.75, 3.05) is 14.2 Å². The number of carbonyl (C=O) groups excluding carboxylic acids is 1. The number of benzene rings is 2. The highest BCUT2D eigenvalue weighted by molar-refractivity contribution is 5.81. The molecule has 0 aromatic heterocycles. The van der Waals surface area contributed by atoms with Gasteiger partial charge in [0, 0.05) is 7.05 Å². The third-order valence-electron chi connectivity index (χ3n) is 4.21. The van der Waals surface area contributed by atoms with Gasteiger partial charge in [-0.05, 0) is 50.6 Å². The molecule has 0 bridgehead atoms. The third kappa shape index (κ3) is 4.28. The minimum absolute atomic E-state index is 0.0486. The topological polar surface area (TPSA) is 38.8 Å². The van der Waals surface area contributed by atoms with Gasteiger partial charge in [-0.15, -0.1) is 0 Å². The van der Waals surface area contributed by atoms with Gasteiger partial charge in [0.2, 0.25) is 0 Å². The molecule has 0 saturated heterocycles. The number of hydrogen-bond donors (Lipinski definition) is 0. The Labute approximate surface area is 144 Å². The van der Waals surface area contributed by atoms with E-state index in [2.05, 4.69) is 0 Å². The molecule has 24 heavy (non-hydrogen) atoms. The summed E-state index contributed by atoms with van der Waals surface area (Å²) in [6.45, 7) is 5.79. The van der Waals surface area contributed by atoms with Gasteiger partial charge in [0.15, 0.2) is 6.10 Å². The Kier molecular flexibility index (Phi) is 5.85. The summed E-state index contributed by atoms with van der Waals surface area (Å²) in [6.07, 6.45) is -0.543. The minimum atomic E-state index is -0.543. The van der Waals surface area contributed by atoms with Gasteiger partial charge >= 0.3 is 0 Å². The van der Waals surface area contributed by atoms with Gasteiger partial charge < -0.3 is 14.4 Å². The maximum atomic E-state index is 12.6. The Morgan fingerprint density at radius 1 is 0.958 bits per heavy atom. The fourth-order valence-electron chi connectivity index (χ4n) is 2.46. The van der Waals surface area contributed by atoms with Gasteiger partial charge in [-0.1, -0.05) is 29.8 Å². The summed E-state index contributed by atoms with van der Waals surface area (Å²) in [5, 5.41) is 0. The Bertz CT molecular complexity index is 664. The first-order valence-corrected chi connectivity index (χ1v) is 8.06. The van der Waals surface area contributed by atoms with Gasteiger partial charge in [0.25, 0.3) is 5.91 Å². The van der Waals surface area contributed by atoms with Crippen LogP contribution in [-0.4, -0.2) is 31.1 Å². The van der Waals surface area contributed by atoms with Gasteiger partial charge in [-0.2, -0.15) is 0 Å². The number of nitrogens with zero attached hydrogens (tertiary/aromatic N) is 1. The van der Waals surface area contributed by atoms with Crippen LogP contribution in [0.25, 0.3) is 0 Å². The van der Waals surface area contributed by atoms with E-state index in [0.717, 1.165) is 16.9 Å². The van der Waals surface area contributed by atoms with E-state index in [1.165, 1.54) is 0 Å². The van der Waals surface area contributed by atoms with Crippen LogP contribution in [0.15, 0.2) is 48.5 Å². The quantitative estimate of drug-likeness (QED) is 0.805. The molecule has 4 heteroatoms. The molecule has 2 unspecified atom stereocenters. The molecule has 0 radical (unpaired) electrons. The van der Waals surface area contributed by atoms with Crippen molar-refractivity contribution in [3.8, 4) is 11.5 Å². The van der Waals surface area contributed by atoms with Crippen LogP contribution in [0.5, 0.6) is 11.5 Å². The van der Waals surface area contributed by atoms with E-state index in [4.69, 9.17) is 9.47 Å². The molecule has 0 fully saturated rings. The molecule has 0 aliphatic heterocycles. The summed E-state index contributed by atoms with van der Waals surface area (Å²) in [5.41, 5.74) is 2.21. The molecule has 0 saturated carbocycles. The molecule has 0 aliphatic carbocycles. The summed E-state index contributed by atoms with van der Waals surface area (Å²) >= 11 is 0. The standard InChI is InChI=1S/C20H25NO3/c1-14-6-10-19(11-7-14)24-16(3)20(22)21(4)15(2)17-8-12-18(23-5)13-9-17/h6-13,15-16H,1-5H3.